The number of anilines is 1. The van der Waals surface area contributed by atoms with E-state index in [9.17, 15) is 18.4 Å². The second kappa shape index (κ2) is 5.31. The summed E-state index contributed by atoms with van der Waals surface area (Å²) in [5, 5.41) is 10.9. The maximum Gasteiger partial charge on any atom is 0.338 e. The molecule has 1 heterocycles. The largest absolute Gasteiger partial charge is 0.478 e. The molecule has 102 valence electrons. The summed E-state index contributed by atoms with van der Waals surface area (Å²) in [6.07, 6.45) is 0.558. The van der Waals surface area contributed by atoms with Crippen molar-refractivity contribution in [3.63, 3.8) is 0 Å². The molecule has 1 aliphatic heterocycles. The Morgan fingerprint density at radius 1 is 1.32 bits per heavy atom. The van der Waals surface area contributed by atoms with E-state index in [1.807, 2.05) is 0 Å². The van der Waals surface area contributed by atoms with Crippen LogP contribution in [0, 0.1) is 11.6 Å². The van der Waals surface area contributed by atoms with Crippen LogP contribution < -0.4 is 5.32 Å². The van der Waals surface area contributed by atoms with Gasteiger partial charge in [0.05, 0.1) is 11.3 Å². The maximum absolute atomic E-state index is 13.5. The van der Waals surface area contributed by atoms with Gasteiger partial charge in [-0.2, -0.15) is 0 Å². The number of hydrogen-bond donors (Lipinski definition) is 2. The predicted molar refractivity (Wildman–Crippen MR) is 60.9 cm³/mol. The summed E-state index contributed by atoms with van der Waals surface area (Å²) in [4.78, 5) is 22.4. The van der Waals surface area contributed by atoms with Crippen LogP contribution in [0.25, 0.3) is 0 Å². The van der Waals surface area contributed by atoms with Gasteiger partial charge in [-0.25, -0.2) is 13.6 Å². The lowest BCUT2D eigenvalue weighted by Crippen LogP contribution is -2.27. The summed E-state index contributed by atoms with van der Waals surface area (Å²) >= 11 is 0. The lowest BCUT2D eigenvalue weighted by Gasteiger charge is -2.11. The zero-order chi connectivity index (χ0) is 14.0. The van der Waals surface area contributed by atoms with Crippen LogP contribution in [0.5, 0.6) is 0 Å². The Morgan fingerprint density at radius 2 is 2.05 bits per heavy atom. The van der Waals surface area contributed by atoms with Crippen LogP contribution in [0.2, 0.25) is 0 Å². The fourth-order valence-electron chi connectivity index (χ4n) is 1.81. The first kappa shape index (κ1) is 13.4. The topological polar surface area (TPSA) is 75.6 Å². The standard InChI is InChI=1S/C12H11F2NO4/c13-7-5-8(14)9(4-6(7)12(17)18)15-11(16)10-2-1-3-19-10/h4-5,10H,1-3H2,(H,15,16)(H,17,18)/t10-/m1/s1. The minimum Gasteiger partial charge on any atom is -0.478 e. The zero-order valence-electron chi connectivity index (χ0n) is 9.78. The van der Waals surface area contributed by atoms with Gasteiger partial charge in [0.1, 0.15) is 17.7 Å². The lowest BCUT2D eigenvalue weighted by molar-refractivity contribution is -0.124. The third kappa shape index (κ3) is 2.87. The molecule has 2 rings (SSSR count). The van der Waals surface area contributed by atoms with Crippen molar-refractivity contribution in [3.8, 4) is 0 Å². The first-order chi connectivity index (χ1) is 8.99. The van der Waals surface area contributed by atoms with E-state index in [4.69, 9.17) is 9.84 Å². The van der Waals surface area contributed by atoms with Crippen molar-refractivity contribution in [2.24, 2.45) is 0 Å². The first-order valence-electron chi connectivity index (χ1n) is 5.64. The molecule has 1 aromatic rings. The van der Waals surface area contributed by atoms with Crippen LogP contribution >= 0.6 is 0 Å². The molecular weight excluding hydrogens is 260 g/mol. The van der Waals surface area contributed by atoms with Crippen molar-refractivity contribution in [2.45, 2.75) is 18.9 Å². The summed E-state index contributed by atoms with van der Waals surface area (Å²) < 4.78 is 31.7. The zero-order valence-corrected chi connectivity index (χ0v) is 9.78. The SMILES string of the molecule is O=C(O)c1cc(NC(=O)[C@H]2CCCO2)c(F)cc1F. The number of nitrogens with one attached hydrogen (secondary N) is 1. The molecule has 2 N–H and O–H groups in total. The van der Waals surface area contributed by atoms with Gasteiger partial charge >= 0.3 is 5.97 Å². The molecule has 1 atom stereocenters. The fraction of sp³-hybridized carbons (Fsp3) is 0.333. The van der Waals surface area contributed by atoms with Crippen molar-refractivity contribution in [1.82, 2.24) is 0 Å². The van der Waals surface area contributed by atoms with Gasteiger partial charge in [-0.15, -0.1) is 0 Å². The van der Waals surface area contributed by atoms with Gasteiger partial charge in [0, 0.05) is 12.7 Å². The molecule has 1 fully saturated rings. The molecule has 0 radical (unpaired) electrons. The predicted octanol–water partition coefficient (Wildman–Crippen LogP) is 1.78. The molecule has 0 saturated carbocycles. The van der Waals surface area contributed by atoms with E-state index < -0.39 is 35.2 Å². The van der Waals surface area contributed by atoms with E-state index in [1.165, 1.54) is 0 Å². The third-order valence-corrected chi connectivity index (χ3v) is 2.77. The Hall–Kier alpha value is -2.02. The quantitative estimate of drug-likeness (QED) is 0.878. The number of rotatable bonds is 3. The minimum atomic E-state index is -1.54. The summed E-state index contributed by atoms with van der Waals surface area (Å²) in [5.74, 6) is -4.33. The minimum absolute atomic E-state index is 0.376. The van der Waals surface area contributed by atoms with Crippen molar-refractivity contribution in [2.75, 3.05) is 11.9 Å². The molecule has 19 heavy (non-hydrogen) atoms. The molecule has 0 spiro atoms. The molecule has 7 heteroatoms. The van der Waals surface area contributed by atoms with Gasteiger partial charge in [0.25, 0.3) is 5.91 Å². The maximum atomic E-state index is 13.5. The summed E-state index contributed by atoms with van der Waals surface area (Å²) in [5.41, 5.74) is -1.08. The molecule has 1 amide bonds. The molecule has 0 bridgehead atoms. The summed E-state index contributed by atoms with van der Waals surface area (Å²) in [7, 11) is 0. The highest BCUT2D eigenvalue weighted by atomic mass is 19.1. The number of benzene rings is 1. The van der Waals surface area contributed by atoms with Crippen LogP contribution in [-0.4, -0.2) is 29.7 Å². The first-order valence-corrected chi connectivity index (χ1v) is 5.64. The van der Waals surface area contributed by atoms with Crippen LogP contribution in [-0.2, 0) is 9.53 Å². The molecule has 0 unspecified atom stereocenters. The number of halogens is 2. The number of aromatic carboxylic acids is 1. The van der Waals surface area contributed by atoms with Gasteiger partial charge in [-0.1, -0.05) is 0 Å². The number of hydrogen-bond acceptors (Lipinski definition) is 3. The number of carboxylic acids is 1. The normalized spacial score (nSPS) is 18.3. The fourth-order valence-corrected chi connectivity index (χ4v) is 1.81. The van der Waals surface area contributed by atoms with Gasteiger partial charge in [-0.3, -0.25) is 4.79 Å². The number of amides is 1. The van der Waals surface area contributed by atoms with Gasteiger partial charge in [-0.05, 0) is 18.9 Å². The van der Waals surface area contributed by atoms with Crippen molar-refractivity contribution < 1.29 is 28.2 Å². The second-order valence-corrected chi connectivity index (χ2v) is 4.11. The number of carbonyl (C=O) groups excluding carboxylic acids is 1. The van der Waals surface area contributed by atoms with Crippen LogP contribution in [0.4, 0.5) is 14.5 Å². The lowest BCUT2D eigenvalue weighted by atomic mass is 10.1. The Bertz CT molecular complexity index is 527. The number of ether oxygens (including phenoxy) is 1. The van der Waals surface area contributed by atoms with E-state index in [0.29, 0.717) is 19.1 Å². The summed E-state index contributed by atoms with van der Waals surface area (Å²) in [6, 6.07) is 1.18. The van der Waals surface area contributed by atoms with Crippen molar-refractivity contribution in [3.05, 3.63) is 29.3 Å². The average Bonchev–Trinajstić information content (AvgIpc) is 2.85. The Kier molecular flexibility index (Phi) is 3.75. The second-order valence-electron chi connectivity index (χ2n) is 4.11. The Labute approximate surface area is 107 Å². The molecule has 5 nitrogen and oxygen atoms in total. The van der Waals surface area contributed by atoms with Crippen LogP contribution in [0.1, 0.15) is 23.2 Å². The van der Waals surface area contributed by atoms with E-state index in [2.05, 4.69) is 5.32 Å². The average molecular weight is 271 g/mol. The molecule has 1 aromatic carbocycles. The highest BCUT2D eigenvalue weighted by molar-refractivity contribution is 5.96. The Balaban J connectivity index is 2.21. The molecule has 1 aliphatic rings. The number of carboxylic acid groups (broad SMARTS) is 1. The molecule has 0 aromatic heterocycles. The third-order valence-electron chi connectivity index (χ3n) is 2.77. The van der Waals surface area contributed by atoms with E-state index in [1.54, 1.807) is 0 Å². The monoisotopic (exact) mass is 271 g/mol. The summed E-state index contributed by atoms with van der Waals surface area (Å²) in [6.45, 7) is 0.449. The van der Waals surface area contributed by atoms with Gasteiger partial charge in [0.15, 0.2) is 0 Å². The van der Waals surface area contributed by atoms with Crippen LogP contribution in [0.3, 0.4) is 0 Å². The molecule has 0 aliphatic carbocycles. The Morgan fingerprint density at radius 3 is 2.63 bits per heavy atom. The van der Waals surface area contributed by atoms with Gasteiger partial charge in [0.2, 0.25) is 0 Å². The van der Waals surface area contributed by atoms with Crippen molar-refractivity contribution >= 4 is 17.6 Å². The van der Waals surface area contributed by atoms with E-state index >= 15 is 0 Å². The van der Waals surface area contributed by atoms with Crippen LogP contribution in [0.15, 0.2) is 12.1 Å². The van der Waals surface area contributed by atoms with E-state index in [0.717, 1.165) is 12.5 Å². The number of carbonyl (C=O) groups is 2. The van der Waals surface area contributed by atoms with Gasteiger partial charge < -0.3 is 15.2 Å². The molecule has 1 saturated heterocycles. The van der Waals surface area contributed by atoms with E-state index in [-0.39, 0.29) is 5.69 Å². The highest BCUT2D eigenvalue weighted by Crippen LogP contribution is 2.21. The van der Waals surface area contributed by atoms with Crippen molar-refractivity contribution in [1.29, 1.82) is 0 Å². The molecular formula is C12H11F2NO4. The smallest absolute Gasteiger partial charge is 0.338 e. The highest BCUT2D eigenvalue weighted by Gasteiger charge is 2.25.